The lowest BCUT2D eigenvalue weighted by Crippen LogP contribution is -2.19. The van der Waals surface area contributed by atoms with Crippen molar-refractivity contribution in [1.29, 1.82) is 0 Å². The van der Waals surface area contributed by atoms with E-state index < -0.39 is 0 Å². The number of rotatable bonds is 5. The highest BCUT2D eigenvalue weighted by Gasteiger charge is 2.08. The van der Waals surface area contributed by atoms with Crippen LogP contribution in [0, 0.1) is 13.8 Å². The van der Waals surface area contributed by atoms with Crippen molar-refractivity contribution in [2.75, 3.05) is 10.6 Å². The molecule has 0 saturated heterocycles. The number of ether oxygens (including phenoxy) is 1. The fourth-order valence-corrected chi connectivity index (χ4v) is 3.00. The standard InChI is InChI=1S/C22H19ClN6O2/c1-14-15(2)29(13-24-14)20-10-11-21(28-27-20)31-19-8-6-17(7-9-19)25-22(30)26-18-5-3-4-16(23)12-18/h3-13H,1-2H3,(H2,25,26,30). The number of halogens is 1. The van der Waals surface area contributed by atoms with Crippen LogP contribution in [0.1, 0.15) is 11.4 Å². The van der Waals surface area contributed by atoms with Crippen molar-refractivity contribution in [3.8, 4) is 17.4 Å². The van der Waals surface area contributed by atoms with Crippen LogP contribution in [-0.4, -0.2) is 25.8 Å². The van der Waals surface area contributed by atoms with E-state index in [-0.39, 0.29) is 6.03 Å². The number of aromatic nitrogens is 4. The average Bonchev–Trinajstić information content (AvgIpc) is 3.08. The van der Waals surface area contributed by atoms with Crippen molar-refractivity contribution in [2.24, 2.45) is 0 Å². The van der Waals surface area contributed by atoms with Crippen LogP contribution < -0.4 is 15.4 Å². The highest BCUT2D eigenvalue weighted by molar-refractivity contribution is 6.30. The monoisotopic (exact) mass is 434 g/mol. The van der Waals surface area contributed by atoms with Crippen LogP contribution >= 0.6 is 11.6 Å². The van der Waals surface area contributed by atoms with Crippen molar-refractivity contribution < 1.29 is 9.53 Å². The lowest BCUT2D eigenvalue weighted by molar-refractivity contribution is 0.262. The summed E-state index contributed by atoms with van der Waals surface area (Å²) in [5.74, 6) is 1.59. The van der Waals surface area contributed by atoms with Crippen LogP contribution in [0.25, 0.3) is 5.82 Å². The number of hydrogen-bond acceptors (Lipinski definition) is 5. The van der Waals surface area contributed by atoms with Crippen molar-refractivity contribution >= 4 is 29.0 Å². The fraction of sp³-hybridized carbons (Fsp3) is 0.0909. The third-order valence-corrected chi connectivity index (χ3v) is 4.78. The zero-order valence-corrected chi connectivity index (χ0v) is 17.6. The Morgan fingerprint density at radius 2 is 1.74 bits per heavy atom. The second-order valence-corrected chi connectivity index (χ2v) is 7.17. The predicted molar refractivity (Wildman–Crippen MR) is 119 cm³/mol. The molecule has 2 amide bonds. The van der Waals surface area contributed by atoms with Crippen LogP contribution in [0.15, 0.2) is 67.0 Å². The molecule has 2 aromatic heterocycles. The van der Waals surface area contributed by atoms with E-state index in [0.717, 1.165) is 11.4 Å². The summed E-state index contributed by atoms with van der Waals surface area (Å²) in [7, 11) is 0. The van der Waals surface area contributed by atoms with Gasteiger partial charge in [0.2, 0.25) is 5.88 Å². The molecule has 0 unspecified atom stereocenters. The predicted octanol–water partition coefficient (Wildman–Crippen LogP) is 5.37. The number of aryl methyl sites for hydroxylation is 1. The molecule has 9 heteroatoms. The molecule has 2 heterocycles. The SMILES string of the molecule is Cc1ncn(-c2ccc(Oc3ccc(NC(=O)Nc4cccc(Cl)c4)cc3)nn2)c1C. The summed E-state index contributed by atoms with van der Waals surface area (Å²) in [5, 5.41) is 14.3. The summed E-state index contributed by atoms with van der Waals surface area (Å²) in [6.07, 6.45) is 1.71. The maximum atomic E-state index is 12.1. The van der Waals surface area contributed by atoms with Gasteiger partial charge in [-0.15, -0.1) is 10.2 Å². The Morgan fingerprint density at radius 3 is 2.39 bits per heavy atom. The molecule has 0 spiro atoms. The topological polar surface area (TPSA) is 94.0 Å². The number of benzene rings is 2. The van der Waals surface area contributed by atoms with Gasteiger partial charge >= 0.3 is 6.03 Å². The van der Waals surface area contributed by atoms with E-state index in [4.69, 9.17) is 16.3 Å². The Morgan fingerprint density at radius 1 is 0.968 bits per heavy atom. The average molecular weight is 435 g/mol. The summed E-state index contributed by atoms with van der Waals surface area (Å²) in [4.78, 5) is 16.4. The number of nitrogens with one attached hydrogen (secondary N) is 2. The van der Waals surface area contributed by atoms with Gasteiger partial charge in [0.25, 0.3) is 0 Å². The normalized spacial score (nSPS) is 10.5. The molecule has 31 heavy (non-hydrogen) atoms. The van der Waals surface area contributed by atoms with Gasteiger partial charge in [0.15, 0.2) is 5.82 Å². The molecular weight excluding hydrogens is 416 g/mol. The second-order valence-electron chi connectivity index (χ2n) is 6.73. The minimum Gasteiger partial charge on any atom is -0.438 e. The van der Waals surface area contributed by atoms with Gasteiger partial charge in [-0.2, -0.15) is 0 Å². The Hall–Kier alpha value is -3.91. The Balaban J connectivity index is 1.36. The van der Waals surface area contributed by atoms with Gasteiger partial charge < -0.3 is 15.4 Å². The molecule has 0 radical (unpaired) electrons. The summed E-state index contributed by atoms with van der Waals surface area (Å²) in [5.41, 5.74) is 3.16. The van der Waals surface area contributed by atoms with Crippen molar-refractivity contribution in [3.05, 3.63) is 83.4 Å². The second kappa shape index (κ2) is 8.85. The molecular formula is C22H19ClN6O2. The van der Waals surface area contributed by atoms with Crippen LogP contribution in [-0.2, 0) is 0 Å². The van der Waals surface area contributed by atoms with Crippen LogP contribution in [0.4, 0.5) is 16.2 Å². The van der Waals surface area contributed by atoms with E-state index in [1.807, 2.05) is 24.5 Å². The third kappa shape index (κ3) is 4.99. The lowest BCUT2D eigenvalue weighted by atomic mass is 10.3. The maximum absolute atomic E-state index is 12.1. The van der Waals surface area contributed by atoms with E-state index in [2.05, 4.69) is 25.8 Å². The molecule has 4 aromatic rings. The molecule has 0 fully saturated rings. The van der Waals surface area contributed by atoms with Gasteiger partial charge in [0, 0.05) is 28.2 Å². The summed E-state index contributed by atoms with van der Waals surface area (Å²) in [6, 6.07) is 17.0. The quantitative estimate of drug-likeness (QED) is 0.440. The van der Waals surface area contributed by atoms with Crippen LogP contribution in [0.5, 0.6) is 11.6 Å². The first-order chi connectivity index (χ1) is 15.0. The number of hydrogen-bond donors (Lipinski definition) is 2. The minimum atomic E-state index is -0.373. The molecule has 4 rings (SSSR count). The molecule has 156 valence electrons. The molecule has 0 aliphatic carbocycles. The molecule has 2 aromatic carbocycles. The molecule has 8 nitrogen and oxygen atoms in total. The van der Waals surface area contributed by atoms with Gasteiger partial charge in [0.05, 0.1) is 5.69 Å². The number of amides is 2. The van der Waals surface area contributed by atoms with E-state index in [0.29, 0.717) is 33.8 Å². The van der Waals surface area contributed by atoms with Gasteiger partial charge in [-0.25, -0.2) is 9.78 Å². The Kier molecular flexibility index (Phi) is 5.81. The number of anilines is 2. The molecule has 0 bridgehead atoms. The van der Waals surface area contributed by atoms with Crippen molar-refractivity contribution in [1.82, 2.24) is 19.7 Å². The number of imidazole rings is 1. The van der Waals surface area contributed by atoms with E-state index in [1.54, 1.807) is 60.9 Å². The summed E-state index contributed by atoms with van der Waals surface area (Å²) >= 11 is 5.92. The van der Waals surface area contributed by atoms with Gasteiger partial charge in [-0.3, -0.25) is 4.57 Å². The zero-order chi connectivity index (χ0) is 21.8. The highest BCUT2D eigenvalue weighted by atomic mass is 35.5. The number of urea groups is 1. The first kappa shape index (κ1) is 20.4. The van der Waals surface area contributed by atoms with E-state index in [9.17, 15) is 4.79 Å². The summed E-state index contributed by atoms with van der Waals surface area (Å²) < 4.78 is 7.59. The van der Waals surface area contributed by atoms with Crippen molar-refractivity contribution in [2.45, 2.75) is 13.8 Å². The number of nitrogens with zero attached hydrogens (tertiary/aromatic N) is 4. The van der Waals surface area contributed by atoms with Gasteiger partial charge in [0.1, 0.15) is 12.1 Å². The molecule has 0 aliphatic heterocycles. The Labute approximate surface area is 183 Å². The number of carbonyl (C=O) groups excluding carboxylic acids is 1. The largest absolute Gasteiger partial charge is 0.438 e. The Bertz CT molecular complexity index is 1210. The molecule has 0 saturated carbocycles. The van der Waals surface area contributed by atoms with Crippen LogP contribution in [0.2, 0.25) is 5.02 Å². The first-order valence-corrected chi connectivity index (χ1v) is 9.82. The maximum Gasteiger partial charge on any atom is 0.323 e. The lowest BCUT2D eigenvalue weighted by Gasteiger charge is -2.09. The first-order valence-electron chi connectivity index (χ1n) is 9.44. The summed E-state index contributed by atoms with van der Waals surface area (Å²) in [6.45, 7) is 3.91. The van der Waals surface area contributed by atoms with E-state index in [1.165, 1.54) is 0 Å². The molecule has 0 atom stereocenters. The van der Waals surface area contributed by atoms with E-state index >= 15 is 0 Å². The fourth-order valence-electron chi connectivity index (χ4n) is 2.81. The molecule has 2 N–H and O–H groups in total. The highest BCUT2D eigenvalue weighted by Crippen LogP contribution is 2.22. The van der Waals surface area contributed by atoms with Crippen molar-refractivity contribution in [3.63, 3.8) is 0 Å². The van der Waals surface area contributed by atoms with Gasteiger partial charge in [-0.05, 0) is 62.4 Å². The van der Waals surface area contributed by atoms with Gasteiger partial charge in [-0.1, -0.05) is 17.7 Å². The molecule has 0 aliphatic rings. The van der Waals surface area contributed by atoms with Crippen LogP contribution in [0.3, 0.4) is 0 Å². The minimum absolute atomic E-state index is 0.359. The smallest absolute Gasteiger partial charge is 0.323 e. The zero-order valence-electron chi connectivity index (χ0n) is 16.8. The third-order valence-electron chi connectivity index (χ3n) is 4.54. The number of carbonyl (C=O) groups is 1.